The molecule has 0 aromatic rings. The van der Waals surface area contributed by atoms with E-state index < -0.39 is 48.3 Å². The van der Waals surface area contributed by atoms with E-state index in [2.05, 4.69) is 10.6 Å². The van der Waals surface area contributed by atoms with E-state index in [9.17, 15) is 33.1 Å². The Morgan fingerprint density at radius 3 is 2.41 bits per heavy atom. The molecule has 0 aromatic carbocycles. The van der Waals surface area contributed by atoms with Crippen molar-refractivity contribution in [3.8, 4) is 0 Å². The normalized spacial score (nSPS) is 30.4. The number of fused-ring (bicyclic) bond motifs is 1. The average Bonchev–Trinajstić information content (AvgIpc) is 3.40. The smallest absolute Gasteiger partial charge is 0.353 e. The van der Waals surface area contributed by atoms with Crippen LogP contribution in [-0.2, 0) is 19.2 Å². The van der Waals surface area contributed by atoms with Crippen molar-refractivity contribution in [2.24, 2.45) is 17.6 Å². The predicted molar refractivity (Wildman–Crippen MR) is 129 cm³/mol. The topological polar surface area (TPSA) is 172 Å². The molecule has 0 bridgehead atoms. The molecule has 0 saturated carbocycles. The molecule has 0 unspecified atom stereocenters. The molecule has 0 aliphatic carbocycles. The molecule has 3 amide bonds. The number of nitrogens with two attached hydrogens (primary N) is 1. The van der Waals surface area contributed by atoms with E-state index in [1.807, 2.05) is 0 Å². The molecule has 4 aliphatic heterocycles. The Hall–Kier alpha value is -2.94. The van der Waals surface area contributed by atoms with Gasteiger partial charge in [-0.2, -0.15) is 8.78 Å². The Labute approximate surface area is 216 Å². The number of amides is 3. The number of carbonyl (C=O) groups excluding carboxylic acids is 3. The van der Waals surface area contributed by atoms with Gasteiger partial charge in [0.2, 0.25) is 11.8 Å². The minimum absolute atomic E-state index is 0.0213. The van der Waals surface area contributed by atoms with E-state index in [1.54, 1.807) is 16.7 Å². The first kappa shape index (κ1) is 27.1. The first-order valence-corrected chi connectivity index (χ1v) is 13.0. The van der Waals surface area contributed by atoms with Crippen LogP contribution >= 0.6 is 11.8 Å². The second kappa shape index (κ2) is 10.4. The van der Waals surface area contributed by atoms with Crippen molar-refractivity contribution in [1.29, 1.82) is 5.41 Å². The lowest BCUT2D eigenvalue weighted by molar-refractivity contribution is -0.159. The quantitative estimate of drug-likeness (QED) is 0.154. The van der Waals surface area contributed by atoms with Crippen molar-refractivity contribution in [3.63, 3.8) is 0 Å². The summed E-state index contributed by atoms with van der Waals surface area (Å²) >= 11 is 1.32. The van der Waals surface area contributed by atoms with Crippen LogP contribution in [0.1, 0.15) is 20.3 Å². The van der Waals surface area contributed by atoms with Gasteiger partial charge < -0.3 is 36.2 Å². The summed E-state index contributed by atoms with van der Waals surface area (Å²) in [6.07, 6.45) is -2.74. The van der Waals surface area contributed by atoms with Crippen LogP contribution in [0.15, 0.2) is 10.6 Å². The number of carbonyl (C=O) groups is 4. The predicted octanol–water partition coefficient (Wildman–Crippen LogP) is -0.970. The summed E-state index contributed by atoms with van der Waals surface area (Å²) in [5.41, 5.74) is 5.39. The third-order valence-electron chi connectivity index (χ3n) is 7.51. The molecule has 0 spiro atoms. The van der Waals surface area contributed by atoms with Crippen LogP contribution in [0.2, 0.25) is 0 Å². The standard InChI is InChI=1S/C22H31F2N7O5S/c1-9-14-13(10(2)28-18(32)17(23)24)20(34)31(14)15(21(35)36)16(9)37-11-7-12(27-8-11)19(33)29-3-5-30(6-4-29)22(25)26/h9-14,17,27H,3-8H2,1-2H3,(H3,25,26)(H,28,32)(H,35,36)/t9-,10-,11+,12+,13-,14+/m1/s1. The SMILES string of the molecule is C[C@@H](NC(=O)C(F)F)[C@H]1C(=O)N2C(C(=O)O)=C(S[C@@H]3CN[C@H](C(=O)N4CCN(C(=N)N)CC4)C3)[C@H](C)[C@@H]12. The number of hydrogen-bond acceptors (Lipinski definition) is 7. The highest BCUT2D eigenvalue weighted by Gasteiger charge is 2.60. The second-order valence-electron chi connectivity index (χ2n) is 9.76. The van der Waals surface area contributed by atoms with Crippen molar-refractivity contribution in [2.75, 3.05) is 32.7 Å². The van der Waals surface area contributed by atoms with E-state index in [0.29, 0.717) is 44.0 Å². The fourth-order valence-electron chi connectivity index (χ4n) is 5.62. The third-order valence-corrected chi connectivity index (χ3v) is 9.02. The number of hydrogen-bond donors (Lipinski definition) is 5. The molecule has 6 N–H and O–H groups in total. The molecule has 3 saturated heterocycles. The van der Waals surface area contributed by atoms with Gasteiger partial charge in [0.05, 0.1) is 18.0 Å². The van der Waals surface area contributed by atoms with Crippen LogP contribution in [0.4, 0.5) is 8.78 Å². The number of aliphatic carboxylic acids is 1. The van der Waals surface area contributed by atoms with Gasteiger partial charge in [-0.05, 0) is 13.3 Å². The number of rotatable bonds is 7. The number of alkyl halides is 2. The van der Waals surface area contributed by atoms with Crippen molar-refractivity contribution in [3.05, 3.63) is 10.6 Å². The molecule has 4 aliphatic rings. The molecular formula is C22H31F2N7O5S. The van der Waals surface area contributed by atoms with Crippen LogP contribution in [0.5, 0.6) is 0 Å². The first-order chi connectivity index (χ1) is 17.4. The molecule has 37 heavy (non-hydrogen) atoms. The summed E-state index contributed by atoms with van der Waals surface area (Å²) in [6.45, 7) is 5.62. The molecule has 3 fully saturated rings. The van der Waals surface area contributed by atoms with Gasteiger partial charge in [0.15, 0.2) is 5.96 Å². The van der Waals surface area contributed by atoms with Gasteiger partial charge in [-0.15, -0.1) is 11.8 Å². The number of guanidine groups is 1. The van der Waals surface area contributed by atoms with Crippen molar-refractivity contribution >= 4 is 41.4 Å². The number of nitrogens with one attached hydrogen (secondary N) is 3. The van der Waals surface area contributed by atoms with Crippen molar-refractivity contribution in [2.45, 2.75) is 50.1 Å². The largest absolute Gasteiger partial charge is 0.477 e. The van der Waals surface area contributed by atoms with Gasteiger partial charge in [-0.25, -0.2) is 4.79 Å². The Balaban J connectivity index is 1.40. The lowest BCUT2D eigenvalue weighted by Crippen LogP contribution is -2.66. The van der Waals surface area contributed by atoms with Gasteiger partial charge in [-0.3, -0.25) is 19.8 Å². The summed E-state index contributed by atoms with van der Waals surface area (Å²) in [5.74, 6) is -4.51. The van der Waals surface area contributed by atoms with E-state index in [1.165, 1.54) is 23.6 Å². The lowest BCUT2D eigenvalue weighted by Gasteiger charge is -2.47. The average molecular weight is 544 g/mol. The Kier molecular flexibility index (Phi) is 7.65. The maximum absolute atomic E-state index is 13.0. The highest BCUT2D eigenvalue weighted by atomic mass is 32.2. The van der Waals surface area contributed by atoms with E-state index >= 15 is 0 Å². The number of β-lactam (4-membered cyclic amide) rings is 1. The van der Waals surface area contributed by atoms with E-state index in [4.69, 9.17) is 11.1 Å². The summed E-state index contributed by atoms with van der Waals surface area (Å²) in [5, 5.41) is 22.7. The molecule has 0 radical (unpaired) electrons. The fourth-order valence-corrected chi connectivity index (χ4v) is 7.10. The molecule has 204 valence electrons. The number of carboxylic acid groups (broad SMARTS) is 1. The second-order valence-corrected chi connectivity index (χ2v) is 11.1. The first-order valence-electron chi connectivity index (χ1n) is 12.1. The molecule has 4 rings (SSSR count). The summed E-state index contributed by atoms with van der Waals surface area (Å²) < 4.78 is 25.4. The number of thioether (sulfide) groups is 1. The highest BCUT2D eigenvalue weighted by Crippen LogP contribution is 2.51. The Morgan fingerprint density at radius 2 is 1.84 bits per heavy atom. The molecule has 12 nitrogen and oxygen atoms in total. The van der Waals surface area contributed by atoms with E-state index in [0.717, 1.165) is 0 Å². The maximum Gasteiger partial charge on any atom is 0.353 e. The zero-order valence-electron chi connectivity index (χ0n) is 20.4. The fraction of sp³-hybridized carbons (Fsp3) is 0.682. The van der Waals surface area contributed by atoms with Crippen LogP contribution in [-0.4, -0.2) is 112 Å². The van der Waals surface area contributed by atoms with Crippen LogP contribution < -0.4 is 16.4 Å². The minimum atomic E-state index is -3.21. The van der Waals surface area contributed by atoms with Crippen LogP contribution in [0, 0.1) is 17.2 Å². The zero-order valence-corrected chi connectivity index (χ0v) is 21.3. The van der Waals surface area contributed by atoms with Crippen molar-refractivity contribution < 1.29 is 33.1 Å². The number of carboxylic acids is 1. The van der Waals surface area contributed by atoms with Crippen molar-refractivity contribution in [1.82, 2.24) is 25.3 Å². The molecule has 15 heteroatoms. The van der Waals surface area contributed by atoms with Crippen LogP contribution in [0.25, 0.3) is 0 Å². The Morgan fingerprint density at radius 1 is 1.22 bits per heavy atom. The summed E-state index contributed by atoms with van der Waals surface area (Å²) in [6, 6.07) is -1.86. The van der Waals surface area contributed by atoms with Gasteiger partial charge >= 0.3 is 12.4 Å². The van der Waals surface area contributed by atoms with Crippen LogP contribution in [0.3, 0.4) is 0 Å². The summed E-state index contributed by atoms with van der Waals surface area (Å²) in [7, 11) is 0. The van der Waals surface area contributed by atoms with Gasteiger partial charge in [0.25, 0.3) is 5.91 Å². The molecular weight excluding hydrogens is 512 g/mol. The van der Waals surface area contributed by atoms with Gasteiger partial charge in [0.1, 0.15) is 5.70 Å². The monoisotopic (exact) mass is 543 g/mol. The number of piperazine rings is 1. The summed E-state index contributed by atoms with van der Waals surface area (Å²) in [4.78, 5) is 54.6. The third kappa shape index (κ3) is 4.98. The number of nitrogens with zero attached hydrogens (tertiary/aromatic N) is 3. The number of halogens is 2. The van der Waals surface area contributed by atoms with E-state index in [-0.39, 0.29) is 28.7 Å². The van der Waals surface area contributed by atoms with Gasteiger partial charge in [0, 0.05) is 54.8 Å². The Bertz CT molecular complexity index is 1030. The minimum Gasteiger partial charge on any atom is -0.477 e. The highest BCUT2D eigenvalue weighted by molar-refractivity contribution is 8.03. The molecule has 4 heterocycles. The zero-order chi connectivity index (χ0) is 27.2. The van der Waals surface area contributed by atoms with Gasteiger partial charge in [-0.1, -0.05) is 6.92 Å². The lowest BCUT2D eigenvalue weighted by atomic mass is 9.78. The molecule has 6 atom stereocenters. The molecule has 0 aromatic heterocycles. The maximum atomic E-state index is 13.0.